The highest BCUT2D eigenvalue weighted by Gasteiger charge is 2.52. The molecule has 1 aliphatic carbocycles. The Kier molecular flexibility index (Phi) is 11.2. The van der Waals surface area contributed by atoms with Gasteiger partial charge < -0.3 is 25.1 Å². The second kappa shape index (κ2) is 16.1. The minimum atomic E-state index is -1.25. The van der Waals surface area contributed by atoms with Crippen molar-refractivity contribution in [1.82, 2.24) is 20.0 Å². The first-order valence-electron chi connectivity index (χ1n) is 19.4. The van der Waals surface area contributed by atoms with Crippen LogP contribution >= 0.6 is 0 Å². The van der Waals surface area contributed by atoms with E-state index in [0.717, 1.165) is 55.0 Å². The fourth-order valence-electron chi connectivity index (χ4n) is 9.50. The lowest BCUT2D eigenvalue weighted by atomic mass is 9.68. The van der Waals surface area contributed by atoms with Crippen molar-refractivity contribution < 1.29 is 19.5 Å². The number of piperidine rings is 1. The maximum absolute atomic E-state index is 15.4. The lowest BCUT2D eigenvalue weighted by Gasteiger charge is -2.40. The van der Waals surface area contributed by atoms with Crippen LogP contribution < -0.4 is 5.32 Å². The van der Waals surface area contributed by atoms with Crippen molar-refractivity contribution in [2.24, 2.45) is 11.8 Å². The monoisotopic (exact) mass is 690 g/mol. The van der Waals surface area contributed by atoms with Crippen LogP contribution in [0.25, 0.3) is 0 Å². The molecule has 3 amide bonds. The van der Waals surface area contributed by atoms with Crippen molar-refractivity contribution in [3.63, 3.8) is 0 Å². The van der Waals surface area contributed by atoms with Crippen molar-refractivity contribution in [3.8, 4) is 0 Å². The first-order valence-corrected chi connectivity index (χ1v) is 19.4. The smallest absolute Gasteiger partial charge is 0.246 e. The van der Waals surface area contributed by atoms with Gasteiger partial charge in [-0.25, -0.2) is 0 Å². The molecule has 0 unspecified atom stereocenters. The molecule has 0 aromatic heterocycles. The van der Waals surface area contributed by atoms with Gasteiger partial charge in [-0.2, -0.15) is 0 Å². The van der Waals surface area contributed by atoms with Gasteiger partial charge in [-0.3, -0.25) is 14.4 Å². The number of nitrogens with one attached hydrogen (secondary N) is 1. The lowest BCUT2D eigenvalue weighted by Crippen LogP contribution is -2.56. The van der Waals surface area contributed by atoms with E-state index in [-0.39, 0.29) is 30.7 Å². The topological polar surface area (TPSA) is 93.2 Å². The van der Waals surface area contributed by atoms with Gasteiger partial charge >= 0.3 is 0 Å². The fraction of sp³-hybridized carbons (Fsp3) is 0.512. The van der Waals surface area contributed by atoms with Gasteiger partial charge in [-0.1, -0.05) is 110 Å². The summed E-state index contributed by atoms with van der Waals surface area (Å²) in [6, 6.07) is 27.7. The SMILES string of the molecule is O=C(NC[C@H]1CCCN(CC2CCCCC2)C1)[C@H]1CCCN1C(=O)[C@@H]1C[C@@H](O)CN1C(=O)C(c1ccccc1)(c1ccccc1)c1ccccc1. The number of benzene rings is 3. The molecule has 3 heterocycles. The van der Waals surface area contributed by atoms with E-state index in [9.17, 15) is 14.7 Å². The van der Waals surface area contributed by atoms with E-state index in [2.05, 4.69) is 10.2 Å². The Bertz CT molecular complexity index is 1520. The number of nitrogens with zero attached hydrogens (tertiary/aromatic N) is 3. The molecule has 3 aliphatic heterocycles. The number of β-amino-alcohol motifs (C(OH)–C–C–N with tert-alkyl or cyclic N) is 1. The normalized spacial score (nSPS) is 24.8. The minimum Gasteiger partial charge on any atom is -0.391 e. The molecule has 8 heteroatoms. The van der Waals surface area contributed by atoms with Crippen molar-refractivity contribution in [1.29, 1.82) is 0 Å². The molecule has 7 rings (SSSR count). The van der Waals surface area contributed by atoms with E-state index in [4.69, 9.17) is 0 Å². The van der Waals surface area contributed by atoms with E-state index in [1.165, 1.54) is 38.6 Å². The third kappa shape index (κ3) is 7.49. The van der Waals surface area contributed by atoms with Gasteiger partial charge in [0.1, 0.15) is 17.5 Å². The summed E-state index contributed by atoms with van der Waals surface area (Å²) < 4.78 is 0. The highest BCUT2D eigenvalue weighted by molar-refractivity contribution is 6.00. The number of amides is 3. The number of likely N-dealkylation sites (tertiary alicyclic amines) is 3. The van der Waals surface area contributed by atoms with Crippen LogP contribution in [0.1, 0.15) is 80.9 Å². The summed E-state index contributed by atoms with van der Waals surface area (Å²) in [5.74, 6) is 0.614. The number of carbonyl (C=O) groups excluding carboxylic acids is 3. The molecular formula is C43H54N4O4. The minimum absolute atomic E-state index is 0.0488. The van der Waals surface area contributed by atoms with Crippen LogP contribution in [0.3, 0.4) is 0 Å². The molecule has 4 aliphatic rings. The van der Waals surface area contributed by atoms with Crippen LogP contribution in [0, 0.1) is 11.8 Å². The van der Waals surface area contributed by atoms with Crippen molar-refractivity contribution in [3.05, 3.63) is 108 Å². The Labute approximate surface area is 303 Å². The van der Waals surface area contributed by atoms with Crippen LogP contribution in [0.2, 0.25) is 0 Å². The number of aliphatic hydroxyl groups excluding tert-OH is 1. The Hall–Kier alpha value is -4.01. The molecule has 3 aromatic carbocycles. The van der Waals surface area contributed by atoms with Crippen molar-refractivity contribution in [2.45, 2.75) is 87.8 Å². The number of hydrogen-bond acceptors (Lipinski definition) is 5. The first kappa shape index (κ1) is 35.4. The highest BCUT2D eigenvalue weighted by Crippen LogP contribution is 2.43. The Morgan fingerprint density at radius 3 is 1.82 bits per heavy atom. The zero-order valence-electron chi connectivity index (χ0n) is 29.9. The molecule has 2 N–H and O–H groups in total. The van der Waals surface area contributed by atoms with Crippen LogP contribution in [-0.4, -0.2) is 95.0 Å². The predicted octanol–water partition coefficient (Wildman–Crippen LogP) is 5.38. The van der Waals surface area contributed by atoms with Gasteiger partial charge in [0, 0.05) is 39.1 Å². The average Bonchev–Trinajstić information content (AvgIpc) is 3.83. The third-order valence-corrected chi connectivity index (χ3v) is 12.0. The molecule has 3 aromatic rings. The van der Waals surface area contributed by atoms with Gasteiger partial charge in [0.2, 0.25) is 17.7 Å². The summed E-state index contributed by atoms with van der Waals surface area (Å²) in [6.45, 7) is 4.48. The van der Waals surface area contributed by atoms with E-state index < -0.39 is 23.6 Å². The van der Waals surface area contributed by atoms with Crippen LogP contribution in [0.4, 0.5) is 0 Å². The zero-order chi connectivity index (χ0) is 35.2. The van der Waals surface area contributed by atoms with E-state index >= 15 is 4.79 Å². The Morgan fingerprint density at radius 2 is 1.22 bits per heavy atom. The summed E-state index contributed by atoms with van der Waals surface area (Å²) in [5.41, 5.74) is 1.12. The molecule has 0 bridgehead atoms. The van der Waals surface area contributed by atoms with E-state index in [0.29, 0.717) is 25.4 Å². The Morgan fingerprint density at radius 1 is 0.647 bits per heavy atom. The lowest BCUT2D eigenvalue weighted by molar-refractivity contribution is -0.147. The summed E-state index contributed by atoms with van der Waals surface area (Å²) in [6.07, 6.45) is 9.66. The van der Waals surface area contributed by atoms with Crippen LogP contribution in [0.15, 0.2) is 91.0 Å². The standard InChI is InChI=1S/C43H54N4O4/c48-37-27-39(41(50)46-26-14-24-38(46)40(49)44-28-33-17-13-25-45(30-33)29-32-15-5-1-6-16-32)47(31-37)42(51)43(34-18-7-2-8-19-34,35-20-9-3-10-21-35)36-22-11-4-12-23-36/h2-4,7-12,18-23,32-33,37-39,48H,1,5-6,13-17,24-31H2,(H,44,49)/t33-,37-,38-,39+/m1/s1. The second-order valence-electron chi connectivity index (χ2n) is 15.4. The maximum atomic E-state index is 15.4. The van der Waals surface area contributed by atoms with Crippen molar-refractivity contribution >= 4 is 17.7 Å². The van der Waals surface area contributed by atoms with Gasteiger partial charge in [0.25, 0.3) is 0 Å². The molecule has 4 atom stereocenters. The third-order valence-electron chi connectivity index (χ3n) is 12.0. The first-order chi connectivity index (χ1) is 24.9. The quantitative estimate of drug-likeness (QED) is 0.279. The van der Waals surface area contributed by atoms with Gasteiger partial charge in [0.15, 0.2) is 0 Å². The fourth-order valence-corrected chi connectivity index (χ4v) is 9.50. The number of hydrogen-bond donors (Lipinski definition) is 2. The summed E-state index contributed by atoms with van der Waals surface area (Å²) in [5, 5.41) is 14.3. The zero-order valence-corrected chi connectivity index (χ0v) is 29.9. The number of carbonyl (C=O) groups is 3. The molecule has 0 radical (unpaired) electrons. The summed E-state index contributed by atoms with van der Waals surface area (Å²) >= 11 is 0. The molecule has 4 fully saturated rings. The van der Waals surface area contributed by atoms with E-state index in [1.807, 2.05) is 91.0 Å². The molecule has 1 saturated carbocycles. The van der Waals surface area contributed by atoms with Crippen LogP contribution in [0.5, 0.6) is 0 Å². The molecular weight excluding hydrogens is 636 g/mol. The summed E-state index contributed by atoms with van der Waals surface area (Å²) in [4.78, 5) is 49.5. The maximum Gasteiger partial charge on any atom is 0.246 e. The van der Waals surface area contributed by atoms with Crippen molar-refractivity contribution in [2.75, 3.05) is 39.3 Å². The molecule has 270 valence electrons. The molecule has 0 spiro atoms. The average molecular weight is 691 g/mol. The number of rotatable bonds is 10. The largest absolute Gasteiger partial charge is 0.391 e. The molecule has 3 saturated heterocycles. The summed E-state index contributed by atoms with van der Waals surface area (Å²) in [7, 11) is 0. The van der Waals surface area contributed by atoms with Gasteiger partial charge in [-0.05, 0) is 73.6 Å². The predicted molar refractivity (Wildman–Crippen MR) is 199 cm³/mol. The highest BCUT2D eigenvalue weighted by atomic mass is 16.3. The van der Waals surface area contributed by atoms with E-state index in [1.54, 1.807) is 9.80 Å². The molecule has 8 nitrogen and oxygen atoms in total. The number of aliphatic hydroxyl groups is 1. The van der Waals surface area contributed by atoms with Gasteiger partial charge in [0.05, 0.1) is 6.10 Å². The molecule has 51 heavy (non-hydrogen) atoms. The van der Waals surface area contributed by atoms with Gasteiger partial charge in [-0.15, -0.1) is 0 Å². The Balaban J connectivity index is 1.09. The second-order valence-corrected chi connectivity index (χ2v) is 15.4. The van der Waals surface area contributed by atoms with Crippen LogP contribution in [-0.2, 0) is 19.8 Å².